The average Bonchev–Trinajstić information content (AvgIpc) is 2.89. The molecule has 0 unspecified atom stereocenters. The summed E-state index contributed by atoms with van der Waals surface area (Å²) in [6.07, 6.45) is 5.03. The van der Waals surface area contributed by atoms with E-state index in [2.05, 4.69) is 28.3 Å². The Morgan fingerprint density at radius 2 is 2.05 bits per heavy atom. The Balaban J connectivity index is 1.86. The lowest BCUT2D eigenvalue weighted by Gasteiger charge is -2.04. The summed E-state index contributed by atoms with van der Waals surface area (Å²) >= 11 is 0. The van der Waals surface area contributed by atoms with Crippen molar-refractivity contribution in [1.82, 2.24) is 15.3 Å². The van der Waals surface area contributed by atoms with Crippen LogP contribution in [0.3, 0.4) is 0 Å². The molecular formula is C17H19N3O. The van der Waals surface area contributed by atoms with E-state index in [0.717, 1.165) is 41.1 Å². The lowest BCUT2D eigenvalue weighted by atomic mass is 10.1. The Kier molecular flexibility index (Phi) is 3.86. The molecule has 0 radical (unpaired) electrons. The van der Waals surface area contributed by atoms with Crippen LogP contribution < -0.4 is 5.32 Å². The van der Waals surface area contributed by atoms with Crippen molar-refractivity contribution in [3.8, 4) is 0 Å². The predicted octanol–water partition coefficient (Wildman–Crippen LogP) is 3.64. The summed E-state index contributed by atoms with van der Waals surface area (Å²) in [7, 11) is 0. The van der Waals surface area contributed by atoms with Gasteiger partial charge in [-0.15, -0.1) is 0 Å². The van der Waals surface area contributed by atoms with E-state index in [0.29, 0.717) is 12.2 Å². The molecule has 3 rings (SSSR count). The highest BCUT2D eigenvalue weighted by Gasteiger charge is 2.10. The van der Waals surface area contributed by atoms with Crippen molar-refractivity contribution in [3.05, 3.63) is 42.2 Å². The highest BCUT2D eigenvalue weighted by atomic mass is 16.1. The molecule has 2 heterocycles. The molecule has 1 amide bonds. The molecule has 21 heavy (non-hydrogen) atoms. The van der Waals surface area contributed by atoms with E-state index in [1.54, 1.807) is 6.20 Å². The Morgan fingerprint density at radius 3 is 2.90 bits per heavy atom. The second kappa shape index (κ2) is 5.95. The molecule has 4 nitrogen and oxygen atoms in total. The number of hydrogen-bond acceptors (Lipinski definition) is 2. The molecule has 0 saturated heterocycles. The van der Waals surface area contributed by atoms with Gasteiger partial charge < -0.3 is 10.3 Å². The lowest BCUT2D eigenvalue weighted by molar-refractivity contribution is 0.0948. The predicted molar refractivity (Wildman–Crippen MR) is 85.5 cm³/mol. The van der Waals surface area contributed by atoms with Crippen LogP contribution in [0.25, 0.3) is 21.8 Å². The fraction of sp³-hybridized carbons (Fsp3) is 0.294. The maximum atomic E-state index is 12.1. The van der Waals surface area contributed by atoms with E-state index in [1.807, 2.05) is 24.3 Å². The van der Waals surface area contributed by atoms with E-state index in [9.17, 15) is 4.79 Å². The molecule has 0 atom stereocenters. The number of benzene rings is 1. The number of pyridine rings is 1. The number of H-pyrrole nitrogens is 1. The number of carbonyl (C=O) groups excluding carboxylic acids is 1. The third-order valence-corrected chi connectivity index (χ3v) is 3.69. The van der Waals surface area contributed by atoms with Crippen molar-refractivity contribution in [2.24, 2.45) is 0 Å². The normalized spacial score (nSPS) is 11.1. The zero-order chi connectivity index (χ0) is 14.7. The first kappa shape index (κ1) is 13.6. The van der Waals surface area contributed by atoms with E-state index in [-0.39, 0.29) is 5.91 Å². The van der Waals surface area contributed by atoms with Crippen LogP contribution in [0, 0.1) is 0 Å². The maximum Gasteiger partial charge on any atom is 0.269 e. The molecule has 0 aliphatic carbocycles. The van der Waals surface area contributed by atoms with Crippen LogP contribution in [-0.2, 0) is 0 Å². The number of nitrogens with one attached hydrogen (secondary N) is 2. The third kappa shape index (κ3) is 2.75. The third-order valence-electron chi connectivity index (χ3n) is 3.69. The van der Waals surface area contributed by atoms with Gasteiger partial charge >= 0.3 is 0 Å². The topological polar surface area (TPSA) is 57.8 Å². The van der Waals surface area contributed by atoms with Crippen molar-refractivity contribution in [2.75, 3.05) is 6.54 Å². The van der Waals surface area contributed by atoms with Gasteiger partial charge in [0.05, 0.1) is 11.7 Å². The Morgan fingerprint density at radius 1 is 1.19 bits per heavy atom. The summed E-state index contributed by atoms with van der Waals surface area (Å²) in [5.41, 5.74) is 2.50. The van der Waals surface area contributed by atoms with Gasteiger partial charge in [-0.05, 0) is 18.6 Å². The van der Waals surface area contributed by atoms with Crippen LogP contribution in [0.15, 0.2) is 36.5 Å². The second-order valence-electron chi connectivity index (χ2n) is 5.25. The van der Waals surface area contributed by atoms with Gasteiger partial charge in [-0.1, -0.05) is 38.0 Å². The van der Waals surface area contributed by atoms with Crippen LogP contribution in [0.4, 0.5) is 0 Å². The van der Waals surface area contributed by atoms with Crippen molar-refractivity contribution in [1.29, 1.82) is 0 Å². The lowest BCUT2D eigenvalue weighted by Crippen LogP contribution is -2.25. The number of aromatic amines is 1. The smallest absolute Gasteiger partial charge is 0.269 e. The molecule has 0 bridgehead atoms. The number of carbonyl (C=O) groups is 1. The SMILES string of the molecule is CCCCCNC(=O)c1cc2c(cn1)[nH]c1ccccc12. The van der Waals surface area contributed by atoms with Gasteiger partial charge in [-0.3, -0.25) is 4.79 Å². The van der Waals surface area contributed by atoms with Crippen molar-refractivity contribution in [3.63, 3.8) is 0 Å². The first-order chi connectivity index (χ1) is 10.3. The first-order valence-electron chi connectivity index (χ1n) is 7.44. The van der Waals surface area contributed by atoms with Crippen LogP contribution in [0.2, 0.25) is 0 Å². The summed E-state index contributed by atoms with van der Waals surface area (Å²) < 4.78 is 0. The van der Waals surface area contributed by atoms with E-state index in [4.69, 9.17) is 0 Å². The maximum absolute atomic E-state index is 12.1. The van der Waals surface area contributed by atoms with Crippen LogP contribution in [0.1, 0.15) is 36.7 Å². The monoisotopic (exact) mass is 281 g/mol. The largest absolute Gasteiger partial charge is 0.353 e. The van der Waals surface area contributed by atoms with Gasteiger partial charge in [0, 0.05) is 22.8 Å². The molecule has 0 fully saturated rings. The molecular weight excluding hydrogens is 262 g/mol. The number of unbranched alkanes of at least 4 members (excludes halogenated alkanes) is 2. The molecule has 0 aliphatic heterocycles. The van der Waals surface area contributed by atoms with Crippen molar-refractivity contribution >= 4 is 27.7 Å². The quantitative estimate of drug-likeness (QED) is 0.701. The highest BCUT2D eigenvalue weighted by Crippen LogP contribution is 2.24. The molecule has 108 valence electrons. The molecule has 3 aromatic rings. The van der Waals surface area contributed by atoms with Crippen LogP contribution in [-0.4, -0.2) is 22.4 Å². The number of aromatic nitrogens is 2. The van der Waals surface area contributed by atoms with E-state index in [1.165, 1.54) is 0 Å². The van der Waals surface area contributed by atoms with Gasteiger partial charge in [0.15, 0.2) is 0 Å². The summed E-state index contributed by atoms with van der Waals surface area (Å²) in [5.74, 6) is -0.0988. The number of amides is 1. The zero-order valence-electron chi connectivity index (χ0n) is 12.1. The standard InChI is InChI=1S/C17H19N3O/c1-2-3-6-9-18-17(21)15-10-13-12-7-4-5-8-14(12)20-16(13)11-19-15/h4-5,7-8,10-11,20H,2-3,6,9H2,1H3,(H,18,21). The molecule has 0 spiro atoms. The van der Waals surface area contributed by atoms with Crippen LogP contribution in [0.5, 0.6) is 0 Å². The summed E-state index contributed by atoms with van der Waals surface area (Å²) in [6.45, 7) is 2.86. The summed E-state index contributed by atoms with van der Waals surface area (Å²) in [5, 5.41) is 5.09. The Labute approximate surface area is 123 Å². The van der Waals surface area contributed by atoms with E-state index < -0.39 is 0 Å². The molecule has 2 aromatic heterocycles. The van der Waals surface area contributed by atoms with Crippen molar-refractivity contribution in [2.45, 2.75) is 26.2 Å². The highest BCUT2D eigenvalue weighted by molar-refractivity contribution is 6.09. The van der Waals surface area contributed by atoms with Gasteiger partial charge in [0.1, 0.15) is 5.69 Å². The van der Waals surface area contributed by atoms with Gasteiger partial charge in [0.25, 0.3) is 5.91 Å². The minimum absolute atomic E-state index is 0.0988. The number of hydrogen-bond donors (Lipinski definition) is 2. The molecule has 0 saturated carbocycles. The fourth-order valence-electron chi connectivity index (χ4n) is 2.54. The Hall–Kier alpha value is -2.36. The summed E-state index contributed by atoms with van der Waals surface area (Å²) in [6, 6.07) is 9.94. The Bertz CT molecular complexity index is 776. The summed E-state index contributed by atoms with van der Waals surface area (Å²) in [4.78, 5) is 19.7. The van der Waals surface area contributed by atoms with E-state index >= 15 is 0 Å². The number of rotatable bonds is 5. The molecule has 2 N–H and O–H groups in total. The molecule has 4 heteroatoms. The minimum atomic E-state index is -0.0988. The minimum Gasteiger partial charge on any atom is -0.353 e. The van der Waals surface area contributed by atoms with Gasteiger partial charge in [-0.25, -0.2) is 4.98 Å². The number of fused-ring (bicyclic) bond motifs is 3. The fourth-order valence-corrected chi connectivity index (χ4v) is 2.54. The number of nitrogens with zero attached hydrogens (tertiary/aromatic N) is 1. The first-order valence-corrected chi connectivity index (χ1v) is 7.44. The van der Waals surface area contributed by atoms with Gasteiger partial charge in [0.2, 0.25) is 0 Å². The van der Waals surface area contributed by atoms with Crippen LogP contribution >= 0.6 is 0 Å². The van der Waals surface area contributed by atoms with Gasteiger partial charge in [-0.2, -0.15) is 0 Å². The molecule has 0 aliphatic rings. The zero-order valence-corrected chi connectivity index (χ0v) is 12.1. The van der Waals surface area contributed by atoms with Crippen molar-refractivity contribution < 1.29 is 4.79 Å². The number of para-hydroxylation sites is 1. The second-order valence-corrected chi connectivity index (χ2v) is 5.25. The molecule has 1 aromatic carbocycles. The average molecular weight is 281 g/mol.